The van der Waals surface area contributed by atoms with Crippen LogP contribution in [0.5, 0.6) is 0 Å². The second-order valence-electron chi connectivity index (χ2n) is 6.62. The van der Waals surface area contributed by atoms with E-state index in [0.717, 1.165) is 5.69 Å². The molecule has 2 saturated heterocycles. The van der Waals surface area contributed by atoms with Gasteiger partial charge in [0.05, 0.1) is 31.2 Å². The Hall–Kier alpha value is -2.44. The lowest BCUT2D eigenvalue weighted by Gasteiger charge is -2.32. The summed E-state index contributed by atoms with van der Waals surface area (Å²) in [4.78, 5) is 44.2. The first kappa shape index (κ1) is 17.4. The fourth-order valence-electron chi connectivity index (χ4n) is 3.54. The third-order valence-electron chi connectivity index (χ3n) is 4.98. The summed E-state index contributed by atoms with van der Waals surface area (Å²) >= 11 is 0. The molecular weight excluding hydrogens is 322 g/mol. The largest absolute Gasteiger partial charge is 0.469 e. The van der Waals surface area contributed by atoms with E-state index in [2.05, 4.69) is 4.98 Å². The van der Waals surface area contributed by atoms with E-state index in [1.807, 2.05) is 18.2 Å². The molecule has 25 heavy (non-hydrogen) atoms. The van der Waals surface area contributed by atoms with Gasteiger partial charge in [-0.25, -0.2) is 0 Å². The third kappa shape index (κ3) is 3.97. The second kappa shape index (κ2) is 7.63. The van der Waals surface area contributed by atoms with Crippen LogP contribution in [0.2, 0.25) is 0 Å². The van der Waals surface area contributed by atoms with Crippen molar-refractivity contribution >= 4 is 17.8 Å². The van der Waals surface area contributed by atoms with Crippen LogP contribution in [0.1, 0.15) is 25.0 Å². The maximum Gasteiger partial charge on any atom is 0.308 e. The Balaban J connectivity index is 1.54. The Morgan fingerprint density at radius 2 is 2.00 bits per heavy atom. The highest BCUT2D eigenvalue weighted by Crippen LogP contribution is 2.25. The average molecular weight is 345 g/mol. The van der Waals surface area contributed by atoms with Crippen molar-refractivity contribution < 1.29 is 19.1 Å². The molecule has 7 nitrogen and oxygen atoms in total. The molecule has 0 aliphatic carbocycles. The van der Waals surface area contributed by atoms with Crippen LogP contribution in [0, 0.1) is 11.8 Å². The molecule has 2 fully saturated rings. The van der Waals surface area contributed by atoms with E-state index in [9.17, 15) is 14.4 Å². The molecule has 0 spiro atoms. The van der Waals surface area contributed by atoms with Gasteiger partial charge >= 0.3 is 5.97 Å². The summed E-state index contributed by atoms with van der Waals surface area (Å²) in [6.45, 7) is 1.96. The average Bonchev–Trinajstić information content (AvgIpc) is 3.02. The Morgan fingerprint density at radius 1 is 1.24 bits per heavy atom. The van der Waals surface area contributed by atoms with Crippen molar-refractivity contribution in [3.63, 3.8) is 0 Å². The SMILES string of the molecule is COC(=O)C1CCN(C(=O)[C@@H]2CC(=O)N(Cc3ccccn3)C2)CC1. The van der Waals surface area contributed by atoms with Gasteiger partial charge in [-0.3, -0.25) is 19.4 Å². The summed E-state index contributed by atoms with van der Waals surface area (Å²) < 4.78 is 4.77. The second-order valence-corrected chi connectivity index (χ2v) is 6.62. The van der Waals surface area contributed by atoms with Crippen molar-refractivity contribution in [3.05, 3.63) is 30.1 Å². The molecule has 3 rings (SSSR count). The molecule has 0 saturated carbocycles. The van der Waals surface area contributed by atoms with Crippen LogP contribution in [0.4, 0.5) is 0 Å². The molecule has 0 unspecified atom stereocenters. The fourth-order valence-corrected chi connectivity index (χ4v) is 3.54. The molecule has 2 amide bonds. The number of pyridine rings is 1. The predicted octanol–water partition coefficient (Wildman–Crippen LogP) is 0.842. The quantitative estimate of drug-likeness (QED) is 0.756. The Bertz CT molecular complexity index is 641. The van der Waals surface area contributed by atoms with E-state index in [0.29, 0.717) is 39.0 Å². The lowest BCUT2D eigenvalue weighted by molar-refractivity contribution is -0.149. The standard InChI is InChI=1S/C18H23N3O4/c1-25-18(24)13-5-8-20(9-6-13)17(23)14-10-16(22)21(11-14)12-15-4-2-3-7-19-15/h2-4,7,13-14H,5-6,8-12H2,1H3/t14-/m1/s1. The fraction of sp³-hybridized carbons (Fsp3) is 0.556. The van der Waals surface area contributed by atoms with Gasteiger partial charge < -0.3 is 14.5 Å². The van der Waals surface area contributed by atoms with E-state index < -0.39 is 0 Å². The minimum atomic E-state index is -0.300. The van der Waals surface area contributed by atoms with Gasteiger partial charge in [-0.1, -0.05) is 6.07 Å². The Morgan fingerprint density at radius 3 is 2.64 bits per heavy atom. The number of hydrogen-bond acceptors (Lipinski definition) is 5. The van der Waals surface area contributed by atoms with E-state index in [4.69, 9.17) is 4.74 Å². The van der Waals surface area contributed by atoms with Crippen molar-refractivity contribution in [2.45, 2.75) is 25.8 Å². The van der Waals surface area contributed by atoms with Gasteiger partial charge in [-0.15, -0.1) is 0 Å². The number of carbonyl (C=O) groups excluding carboxylic acids is 3. The molecular formula is C18H23N3O4. The summed E-state index contributed by atoms with van der Waals surface area (Å²) in [5, 5.41) is 0. The summed E-state index contributed by atoms with van der Waals surface area (Å²) in [5.41, 5.74) is 0.822. The first-order valence-electron chi connectivity index (χ1n) is 8.62. The van der Waals surface area contributed by atoms with E-state index in [1.165, 1.54) is 7.11 Å². The zero-order valence-corrected chi connectivity index (χ0v) is 14.4. The van der Waals surface area contributed by atoms with Crippen LogP contribution in [0.25, 0.3) is 0 Å². The minimum Gasteiger partial charge on any atom is -0.469 e. The molecule has 1 aromatic rings. The number of nitrogens with zero attached hydrogens (tertiary/aromatic N) is 3. The number of esters is 1. The normalized spacial score (nSPS) is 21.5. The molecule has 0 N–H and O–H groups in total. The maximum absolute atomic E-state index is 12.7. The van der Waals surface area contributed by atoms with E-state index >= 15 is 0 Å². The number of likely N-dealkylation sites (tertiary alicyclic amines) is 2. The molecule has 0 bridgehead atoms. The smallest absolute Gasteiger partial charge is 0.308 e. The van der Waals surface area contributed by atoms with Gasteiger partial charge in [0.25, 0.3) is 0 Å². The highest BCUT2D eigenvalue weighted by molar-refractivity contribution is 5.89. The van der Waals surface area contributed by atoms with Gasteiger partial charge in [0.1, 0.15) is 0 Å². The molecule has 1 atom stereocenters. The first-order chi connectivity index (χ1) is 12.1. The van der Waals surface area contributed by atoms with Gasteiger partial charge in [0.2, 0.25) is 11.8 Å². The van der Waals surface area contributed by atoms with Crippen molar-refractivity contribution in [1.29, 1.82) is 0 Å². The number of aromatic nitrogens is 1. The minimum absolute atomic E-state index is 0.00607. The first-order valence-corrected chi connectivity index (χ1v) is 8.62. The lowest BCUT2D eigenvalue weighted by Crippen LogP contribution is -2.43. The van der Waals surface area contributed by atoms with Crippen molar-refractivity contribution in [2.75, 3.05) is 26.7 Å². The summed E-state index contributed by atoms with van der Waals surface area (Å²) in [6, 6.07) is 5.59. The number of ether oxygens (including phenoxy) is 1. The van der Waals surface area contributed by atoms with Gasteiger partial charge in [-0.2, -0.15) is 0 Å². The van der Waals surface area contributed by atoms with E-state index in [-0.39, 0.29) is 36.0 Å². The highest BCUT2D eigenvalue weighted by atomic mass is 16.5. The van der Waals surface area contributed by atoms with Crippen LogP contribution in [0.15, 0.2) is 24.4 Å². The third-order valence-corrected chi connectivity index (χ3v) is 4.98. The number of piperidine rings is 1. The van der Waals surface area contributed by atoms with Crippen LogP contribution in [0.3, 0.4) is 0 Å². The topological polar surface area (TPSA) is 79.8 Å². The summed E-state index contributed by atoms with van der Waals surface area (Å²) in [7, 11) is 1.39. The van der Waals surface area contributed by atoms with Crippen molar-refractivity contribution in [3.8, 4) is 0 Å². The zero-order chi connectivity index (χ0) is 17.8. The highest BCUT2D eigenvalue weighted by Gasteiger charge is 2.38. The van der Waals surface area contributed by atoms with Crippen molar-refractivity contribution in [2.24, 2.45) is 11.8 Å². The predicted molar refractivity (Wildman–Crippen MR) is 89.1 cm³/mol. The molecule has 134 valence electrons. The Kier molecular flexibility index (Phi) is 5.31. The monoisotopic (exact) mass is 345 g/mol. The number of methoxy groups -OCH3 is 1. The lowest BCUT2D eigenvalue weighted by atomic mass is 9.95. The van der Waals surface area contributed by atoms with Crippen LogP contribution in [-0.2, 0) is 25.7 Å². The molecule has 3 heterocycles. The molecule has 0 radical (unpaired) electrons. The number of carbonyl (C=O) groups is 3. The summed E-state index contributed by atoms with van der Waals surface area (Å²) in [6.07, 6.45) is 3.19. The number of rotatable bonds is 4. The van der Waals surface area contributed by atoms with Crippen LogP contribution >= 0.6 is 0 Å². The van der Waals surface area contributed by atoms with Crippen LogP contribution in [-0.4, -0.2) is 59.3 Å². The van der Waals surface area contributed by atoms with Crippen LogP contribution < -0.4 is 0 Å². The van der Waals surface area contributed by atoms with E-state index in [1.54, 1.807) is 16.0 Å². The van der Waals surface area contributed by atoms with Crippen molar-refractivity contribution in [1.82, 2.24) is 14.8 Å². The number of amides is 2. The van der Waals surface area contributed by atoms with Gasteiger partial charge in [0, 0.05) is 32.3 Å². The molecule has 1 aromatic heterocycles. The van der Waals surface area contributed by atoms with Gasteiger partial charge in [-0.05, 0) is 25.0 Å². The maximum atomic E-state index is 12.7. The molecule has 2 aliphatic rings. The Labute approximate surface area is 147 Å². The number of hydrogen-bond donors (Lipinski definition) is 0. The zero-order valence-electron chi connectivity index (χ0n) is 14.4. The van der Waals surface area contributed by atoms with Gasteiger partial charge in [0.15, 0.2) is 0 Å². The molecule has 0 aromatic carbocycles. The summed E-state index contributed by atoms with van der Waals surface area (Å²) in [5.74, 6) is -0.621. The molecule has 7 heteroatoms. The molecule has 2 aliphatic heterocycles.